The maximum absolute atomic E-state index is 9.88. The van der Waals surface area contributed by atoms with Crippen molar-refractivity contribution in [3.63, 3.8) is 0 Å². The summed E-state index contributed by atoms with van der Waals surface area (Å²) in [6, 6.07) is 8.03. The fraction of sp³-hybridized carbons (Fsp3) is 0.600. The Balaban J connectivity index is 2.20. The fourth-order valence-electron chi connectivity index (χ4n) is 1.80. The summed E-state index contributed by atoms with van der Waals surface area (Å²) in [6.45, 7) is 3.45. The van der Waals surface area contributed by atoms with Crippen LogP contribution in [0.3, 0.4) is 0 Å². The number of halogens is 1. The minimum atomic E-state index is -0.492. The highest BCUT2D eigenvalue weighted by Crippen LogP contribution is 2.15. The first-order chi connectivity index (χ1) is 9.67. The molecule has 0 fully saturated rings. The van der Waals surface area contributed by atoms with Crippen molar-refractivity contribution < 1.29 is 9.84 Å². The van der Waals surface area contributed by atoms with Crippen molar-refractivity contribution in [2.45, 2.75) is 32.1 Å². The Morgan fingerprint density at radius 2 is 2.15 bits per heavy atom. The lowest BCUT2D eigenvalue weighted by molar-refractivity contribution is 0.0279. The summed E-state index contributed by atoms with van der Waals surface area (Å²) >= 11 is 7.85. The second kappa shape index (κ2) is 10.5. The van der Waals surface area contributed by atoms with Gasteiger partial charge in [0, 0.05) is 23.4 Å². The van der Waals surface area contributed by atoms with Crippen molar-refractivity contribution in [3.05, 3.63) is 34.9 Å². The van der Waals surface area contributed by atoms with Crippen molar-refractivity contribution in [2.75, 3.05) is 25.2 Å². The van der Waals surface area contributed by atoms with Gasteiger partial charge in [-0.15, -0.1) is 0 Å². The van der Waals surface area contributed by atoms with Crippen LogP contribution < -0.4 is 5.32 Å². The number of aliphatic hydroxyl groups excluding tert-OH is 1. The van der Waals surface area contributed by atoms with Gasteiger partial charge in [0.25, 0.3) is 0 Å². The van der Waals surface area contributed by atoms with Gasteiger partial charge in [-0.1, -0.05) is 36.7 Å². The lowest BCUT2D eigenvalue weighted by Crippen LogP contribution is -2.38. The topological polar surface area (TPSA) is 41.5 Å². The van der Waals surface area contributed by atoms with Crippen LogP contribution in [0.5, 0.6) is 0 Å². The largest absolute Gasteiger partial charge is 0.389 e. The number of benzene rings is 1. The number of hydrogen-bond acceptors (Lipinski definition) is 4. The molecule has 0 saturated heterocycles. The second-order valence-corrected chi connectivity index (χ2v) is 6.05. The molecular weight excluding hydrogens is 294 g/mol. The maximum Gasteiger partial charge on any atom is 0.0897 e. The molecule has 2 unspecified atom stereocenters. The van der Waals surface area contributed by atoms with Gasteiger partial charge >= 0.3 is 0 Å². The average molecular weight is 318 g/mol. The van der Waals surface area contributed by atoms with Crippen LogP contribution in [0.25, 0.3) is 0 Å². The minimum Gasteiger partial charge on any atom is -0.389 e. The summed E-state index contributed by atoms with van der Waals surface area (Å²) in [5.74, 6) is 1.06. The molecule has 1 aromatic carbocycles. The molecule has 2 N–H and O–H groups in total. The van der Waals surface area contributed by atoms with E-state index in [9.17, 15) is 5.11 Å². The van der Waals surface area contributed by atoms with Gasteiger partial charge in [0.15, 0.2) is 0 Å². The van der Waals surface area contributed by atoms with Crippen molar-refractivity contribution in [3.8, 4) is 0 Å². The Morgan fingerprint density at radius 1 is 1.40 bits per heavy atom. The Kier molecular flexibility index (Phi) is 9.31. The molecule has 3 nitrogen and oxygen atoms in total. The molecule has 0 heterocycles. The first-order valence-corrected chi connectivity index (χ1v) is 8.66. The normalized spacial score (nSPS) is 14.2. The molecule has 1 aromatic rings. The van der Waals surface area contributed by atoms with Gasteiger partial charge < -0.3 is 15.2 Å². The van der Waals surface area contributed by atoms with Gasteiger partial charge in [-0.05, 0) is 24.3 Å². The first-order valence-electron chi connectivity index (χ1n) is 6.88. The van der Waals surface area contributed by atoms with Gasteiger partial charge in [-0.3, -0.25) is 0 Å². The molecule has 0 aliphatic rings. The second-order valence-electron chi connectivity index (χ2n) is 4.73. The number of rotatable bonds is 10. The predicted octanol–water partition coefficient (Wildman–Crippen LogP) is 2.95. The Hall–Kier alpha value is -0.260. The Bertz CT molecular complexity index is 379. The van der Waals surface area contributed by atoms with E-state index in [0.717, 1.165) is 17.7 Å². The summed E-state index contributed by atoms with van der Waals surface area (Å²) in [5.41, 5.74) is 0.947. The van der Waals surface area contributed by atoms with Crippen LogP contribution >= 0.6 is 23.4 Å². The van der Waals surface area contributed by atoms with Crippen molar-refractivity contribution in [1.29, 1.82) is 0 Å². The summed E-state index contributed by atoms with van der Waals surface area (Å²) < 4.78 is 5.51. The van der Waals surface area contributed by atoms with Crippen LogP contribution in [0.4, 0.5) is 0 Å². The molecular formula is C15H24ClNO2S. The van der Waals surface area contributed by atoms with Crippen LogP contribution in [0.1, 0.15) is 18.9 Å². The smallest absolute Gasteiger partial charge is 0.0897 e. The van der Waals surface area contributed by atoms with Crippen molar-refractivity contribution >= 4 is 23.4 Å². The highest BCUT2D eigenvalue weighted by atomic mass is 35.5. The number of nitrogens with one attached hydrogen (secondary N) is 1. The third-order valence-electron chi connectivity index (χ3n) is 3.03. The molecule has 0 aliphatic carbocycles. The van der Waals surface area contributed by atoms with Gasteiger partial charge in [0.1, 0.15) is 0 Å². The van der Waals surface area contributed by atoms with Gasteiger partial charge in [-0.2, -0.15) is 11.8 Å². The molecule has 0 bridgehead atoms. The zero-order valence-electron chi connectivity index (χ0n) is 12.1. The molecule has 114 valence electrons. The van der Waals surface area contributed by atoms with E-state index < -0.39 is 6.10 Å². The maximum atomic E-state index is 9.88. The van der Waals surface area contributed by atoms with E-state index in [0.29, 0.717) is 30.8 Å². The van der Waals surface area contributed by atoms with E-state index in [1.165, 1.54) is 0 Å². The summed E-state index contributed by atoms with van der Waals surface area (Å²) in [4.78, 5) is 0. The monoisotopic (exact) mass is 317 g/mol. The van der Waals surface area contributed by atoms with Crippen molar-refractivity contribution in [1.82, 2.24) is 5.32 Å². The Morgan fingerprint density at radius 3 is 2.80 bits per heavy atom. The zero-order chi connectivity index (χ0) is 14.8. The molecule has 2 atom stereocenters. The van der Waals surface area contributed by atoms with Crippen LogP contribution in [0.2, 0.25) is 5.02 Å². The standard InChI is InChI=1S/C15H24ClNO2S/c1-3-13(11-20-2)17-8-14(18)10-19-9-12-6-4-5-7-15(12)16/h4-7,13-14,17-18H,3,8-11H2,1-2H3. The van der Waals surface area contributed by atoms with E-state index in [2.05, 4.69) is 18.5 Å². The van der Waals surface area contributed by atoms with E-state index in [1.807, 2.05) is 36.0 Å². The van der Waals surface area contributed by atoms with Crippen LogP contribution in [0.15, 0.2) is 24.3 Å². The van der Waals surface area contributed by atoms with E-state index in [4.69, 9.17) is 16.3 Å². The minimum absolute atomic E-state index is 0.313. The van der Waals surface area contributed by atoms with E-state index >= 15 is 0 Å². The summed E-state index contributed by atoms with van der Waals surface area (Å²) in [6.07, 6.45) is 2.66. The molecule has 0 amide bonds. The molecule has 0 aromatic heterocycles. The molecule has 5 heteroatoms. The highest BCUT2D eigenvalue weighted by molar-refractivity contribution is 7.98. The highest BCUT2D eigenvalue weighted by Gasteiger charge is 2.09. The SMILES string of the molecule is CCC(CSC)NCC(O)COCc1ccccc1Cl. The number of thioether (sulfide) groups is 1. The molecule has 0 saturated carbocycles. The Labute approximate surface area is 131 Å². The number of ether oxygens (including phenoxy) is 1. The van der Waals surface area contributed by atoms with E-state index in [-0.39, 0.29) is 0 Å². The summed E-state index contributed by atoms with van der Waals surface area (Å²) in [7, 11) is 0. The third-order valence-corrected chi connectivity index (χ3v) is 4.13. The quantitative estimate of drug-likeness (QED) is 0.696. The lowest BCUT2D eigenvalue weighted by Gasteiger charge is -2.18. The lowest BCUT2D eigenvalue weighted by atomic mass is 10.2. The molecule has 0 spiro atoms. The van der Waals surface area contributed by atoms with Gasteiger partial charge in [0.05, 0.1) is 19.3 Å². The van der Waals surface area contributed by atoms with Crippen LogP contribution in [-0.2, 0) is 11.3 Å². The third kappa shape index (κ3) is 6.95. The fourth-order valence-corrected chi connectivity index (χ4v) is 2.75. The number of aliphatic hydroxyl groups is 1. The van der Waals surface area contributed by atoms with E-state index in [1.54, 1.807) is 0 Å². The van der Waals surface area contributed by atoms with Crippen molar-refractivity contribution in [2.24, 2.45) is 0 Å². The molecule has 0 radical (unpaired) electrons. The molecule has 20 heavy (non-hydrogen) atoms. The predicted molar refractivity (Wildman–Crippen MR) is 87.6 cm³/mol. The first kappa shape index (κ1) is 17.8. The van der Waals surface area contributed by atoms with Gasteiger partial charge in [0.2, 0.25) is 0 Å². The average Bonchev–Trinajstić information content (AvgIpc) is 2.45. The van der Waals surface area contributed by atoms with Crippen LogP contribution in [0, 0.1) is 0 Å². The molecule has 1 rings (SSSR count). The van der Waals surface area contributed by atoms with Gasteiger partial charge in [-0.25, -0.2) is 0 Å². The zero-order valence-corrected chi connectivity index (χ0v) is 13.7. The summed E-state index contributed by atoms with van der Waals surface area (Å²) in [5, 5.41) is 13.9. The number of hydrogen-bond donors (Lipinski definition) is 2. The van der Waals surface area contributed by atoms with Crippen LogP contribution in [-0.4, -0.2) is 42.4 Å². The molecule has 0 aliphatic heterocycles.